The third-order valence-corrected chi connectivity index (χ3v) is 6.38. The molecule has 3 aromatic rings. The molecule has 0 aliphatic carbocycles. The third-order valence-electron chi connectivity index (χ3n) is 3.84. The van der Waals surface area contributed by atoms with Crippen molar-refractivity contribution in [2.24, 2.45) is 0 Å². The van der Waals surface area contributed by atoms with Crippen LogP contribution < -0.4 is 9.60 Å². The summed E-state index contributed by atoms with van der Waals surface area (Å²) in [5, 5.41) is 0.452. The van der Waals surface area contributed by atoms with Gasteiger partial charge in [-0.3, -0.25) is 14.1 Å². The molecule has 1 N–H and O–H groups in total. The summed E-state index contributed by atoms with van der Waals surface area (Å²) in [6, 6.07) is 9.76. The van der Waals surface area contributed by atoms with Crippen LogP contribution in [0.4, 0.5) is 5.69 Å². The van der Waals surface area contributed by atoms with Gasteiger partial charge in [0.1, 0.15) is 0 Å². The first kappa shape index (κ1) is 18.0. The average Bonchev–Trinajstić information content (AvgIpc) is 2.86. The highest BCUT2D eigenvalue weighted by Crippen LogP contribution is 2.26. The number of thiazole rings is 1. The lowest BCUT2D eigenvalue weighted by molar-refractivity contribution is 0.601. The van der Waals surface area contributed by atoms with E-state index in [-0.39, 0.29) is 9.77 Å². The molecule has 0 fully saturated rings. The van der Waals surface area contributed by atoms with Crippen LogP contribution in [0.2, 0.25) is 5.02 Å². The van der Waals surface area contributed by atoms with Gasteiger partial charge in [0.05, 0.1) is 20.8 Å². The van der Waals surface area contributed by atoms with E-state index in [1.165, 1.54) is 12.1 Å². The summed E-state index contributed by atoms with van der Waals surface area (Å²) < 4.78 is 30.3. The minimum Gasteiger partial charge on any atom is -0.299 e. The summed E-state index contributed by atoms with van der Waals surface area (Å²) in [7, 11) is -3.77. The van der Waals surface area contributed by atoms with E-state index in [4.69, 9.17) is 11.6 Å². The fourth-order valence-electron chi connectivity index (χ4n) is 2.56. The van der Waals surface area contributed by atoms with Gasteiger partial charge < -0.3 is 0 Å². The van der Waals surface area contributed by atoms with E-state index in [0.29, 0.717) is 22.0 Å². The number of nitrogens with zero attached hydrogens (tertiary/aromatic N) is 1. The second-order valence-electron chi connectivity index (χ2n) is 5.71. The van der Waals surface area contributed by atoms with E-state index in [2.05, 4.69) is 4.72 Å². The largest absolute Gasteiger partial charge is 0.308 e. The van der Waals surface area contributed by atoms with Crippen molar-refractivity contribution in [1.82, 2.24) is 4.57 Å². The summed E-state index contributed by atoms with van der Waals surface area (Å²) in [6.45, 7) is 4.41. The van der Waals surface area contributed by atoms with Crippen LogP contribution in [0.1, 0.15) is 18.9 Å². The Morgan fingerprint density at radius 3 is 2.68 bits per heavy atom. The number of aryl methyl sites for hydroxylation is 2. The Kier molecular flexibility index (Phi) is 4.90. The predicted octanol–water partition coefficient (Wildman–Crippen LogP) is 4.24. The van der Waals surface area contributed by atoms with Gasteiger partial charge in [-0.2, -0.15) is 0 Å². The fourth-order valence-corrected chi connectivity index (χ4v) is 4.91. The second-order valence-corrected chi connectivity index (χ2v) is 8.83. The maximum absolute atomic E-state index is 12.7. The Morgan fingerprint density at radius 1 is 1.20 bits per heavy atom. The van der Waals surface area contributed by atoms with Crippen molar-refractivity contribution >= 4 is 48.9 Å². The second kappa shape index (κ2) is 6.82. The number of fused-ring (bicyclic) bond motifs is 1. The first-order valence-electron chi connectivity index (χ1n) is 7.74. The highest BCUT2D eigenvalue weighted by Gasteiger charge is 2.18. The van der Waals surface area contributed by atoms with Gasteiger partial charge in [0.2, 0.25) is 0 Å². The molecule has 132 valence electrons. The average molecular weight is 397 g/mol. The monoisotopic (exact) mass is 396 g/mol. The number of nitrogens with one attached hydrogen (secondary N) is 1. The molecule has 0 saturated heterocycles. The maximum Gasteiger partial charge on any atom is 0.308 e. The Bertz CT molecular complexity index is 1100. The highest BCUT2D eigenvalue weighted by molar-refractivity contribution is 7.92. The van der Waals surface area contributed by atoms with Gasteiger partial charge in [0.15, 0.2) is 0 Å². The van der Waals surface area contributed by atoms with E-state index in [1.807, 2.05) is 6.92 Å². The minimum absolute atomic E-state index is 0.0787. The molecule has 1 aromatic heterocycles. The molecule has 0 aliphatic heterocycles. The van der Waals surface area contributed by atoms with E-state index >= 15 is 0 Å². The van der Waals surface area contributed by atoms with Gasteiger partial charge in [0.25, 0.3) is 10.0 Å². The molecule has 1 heterocycles. The maximum atomic E-state index is 12.7. The Labute approximate surface area is 154 Å². The van der Waals surface area contributed by atoms with Gasteiger partial charge in [-0.25, -0.2) is 8.42 Å². The van der Waals surface area contributed by atoms with Crippen molar-refractivity contribution < 1.29 is 8.42 Å². The smallest absolute Gasteiger partial charge is 0.299 e. The van der Waals surface area contributed by atoms with Crippen LogP contribution in [-0.4, -0.2) is 13.0 Å². The quantitative estimate of drug-likeness (QED) is 0.701. The molecule has 0 amide bonds. The van der Waals surface area contributed by atoms with Crippen molar-refractivity contribution in [2.75, 3.05) is 4.72 Å². The number of hydrogen-bond acceptors (Lipinski definition) is 4. The molecule has 0 spiro atoms. The molecule has 0 atom stereocenters. The van der Waals surface area contributed by atoms with Crippen LogP contribution in [-0.2, 0) is 16.6 Å². The van der Waals surface area contributed by atoms with Crippen LogP contribution in [0, 0.1) is 6.92 Å². The van der Waals surface area contributed by atoms with E-state index in [9.17, 15) is 13.2 Å². The van der Waals surface area contributed by atoms with E-state index in [1.54, 1.807) is 35.8 Å². The lowest BCUT2D eigenvalue weighted by atomic mass is 10.2. The molecule has 0 unspecified atom stereocenters. The summed E-state index contributed by atoms with van der Waals surface area (Å²) in [4.78, 5) is 12.1. The van der Waals surface area contributed by atoms with Gasteiger partial charge in [-0.15, -0.1) is 0 Å². The molecular formula is C17H17ClN2O3S2. The molecule has 8 heteroatoms. The molecule has 2 aromatic carbocycles. The number of hydrogen-bond donors (Lipinski definition) is 1. The SMILES string of the molecule is CCCn1c(=O)sc2cc(S(=O)(=O)Nc3cc(Cl)ccc3C)ccc21. The number of halogens is 1. The van der Waals surface area contributed by atoms with E-state index < -0.39 is 10.0 Å². The zero-order valence-electron chi connectivity index (χ0n) is 13.7. The summed E-state index contributed by atoms with van der Waals surface area (Å²) >= 11 is 7.00. The normalized spacial score (nSPS) is 11.8. The van der Waals surface area contributed by atoms with Crippen molar-refractivity contribution in [1.29, 1.82) is 0 Å². The van der Waals surface area contributed by atoms with Crippen molar-refractivity contribution in [3.63, 3.8) is 0 Å². The van der Waals surface area contributed by atoms with Crippen LogP contribution >= 0.6 is 22.9 Å². The number of sulfonamides is 1. The van der Waals surface area contributed by atoms with Gasteiger partial charge >= 0.3 is 4.87 Å². The van der Waals surface area contributed by atoms with Gasteiger partial charge in [-0.1, -0.05) is 35.9 Å². The number of aromatic nitrogens is 1. The van der Waals surface area contributed by atoms with Crippen LogP contribution in [0.5, 0.6) is 0 Å². The zero-order chi connectivity index (χ0) is 18.2. The van der Waals surface area contributed by atoms with Gasteiger partial charge in [-0.05, 0) is 49.2 Å². The zero-order valence-corrected chi connectivity index (χ0v) is 16.1. The number of benzene rings is 2. The lowest BCUT2D eigenvalue weighted by Crippen LogP contribution is -2.14. The Hall–Kier alpha value is -1.83. The molecule has 25 heavy (non-hydrogen) atoms. The Balaban J connectivity index is 2.03. The molecule has 0 radical (unpaired) electrons. The van der Waals surface area contributed by atoms with Gasteiger partial charge in [0, 0.05) is 11.6 Å². The predicted molar refractivity (Wildman–Crippen MR) is 103 cm³/mol. The summed E-state index contributed by atoms with van der Waals surface area (Å²) in [5.74, 6) is 0. The molecule has 0 bridgehead atoms. The van der Waals surface area contributed by atoms with Crippen LogP contribution in [0.25, 0.3) is 10.2 Å². The van der Waals surface area contributed by atoms with Crippen molar-refractivity contribution in [3.8, 4) is 0 Å². The molecule has 0 aliphatic rings. The van der Waals surface area contributed by atoms with Crippen LogP contribution in [0.15, 0.2) is 46.1 Å². The Morgan fingerprint density at radius 2 is 1.96 bits per heavy atom. The van der Waals surface area contributed by atoms with Crippen molar-refractivity contribution in [3.05, 3.63) is 56.7 Å². The first-order chi connectivity index (χ1) is 11.8. The fraction of sp³-hybridized carbons (Fsp3) is 0.235. The molecule has 5 nitrogen and oxygen atoms in total. The molecule has 0 saturated carbocycles. The first-order valence-corrected chi connectivity index (χ1v) is 10.4. The highest BCUT2D eigenvalue weighted by atomic mass is 35.5. The van der Waals surface area contributed by atoms with Crippen molar-refractivity contribution in [2.45, 2.75) is 31.7 Å². The molecular weight excluding hydrogens is 380 g/mol. The standard InChI is InChI=1S/C17H17ClN2O3S2/c1-3-8-20-15-7-6-13(10-16(15)24-17(20)21)25(22,23)19-14-9-12(18)5-4-11(14)2/h4-7,9-10,19H,3,8H2,1-2H3. The number of anilines is 1. The lowest BCUT2D eigenvalue weighted by Gasteiger charge is -2.11. The topological polar surface area (TPSA) is 68.2 Å². The number of rotatable bonds is 5. The summed E-state index contributed by atoms with van der Waals surface area (Å²) in [5.41, 5.74) is 1.96. The minimum atomic E-state index is -3.77. The summed E-state index contributed by atoms with van der Waals surface area (Å²) in [6.07, 6.45) is 0.835. The van der Waals surface area contributed by atoms with Crippen LogP contribution in [0.3, 0.4) is 0 Å². The molecule has 3 rings (SSSR count). The third kappa shape index (κ3) is 3.58. The van der Waals surface area contributed by atoms with E-state index in [0.717, 1.165) is 28.8 Å².